The van der Waals surface area contributed by atoms with Gasteiger partial charge in [-0.3, -0.25) is 0 Å². The Morgan fingerprint density at radius 3 is 2.18 bits per heavy atom. The quantitative estimate of drug-likeness (QED) is 0.468. The van der Waals surface area contributed by atoms with E-state index in [1.54, 1.807) is 0 Å². The molecule has 1 fully saturated rings. The number of alkyl halides is 1. The zero-order valence-electron chi connectivity index (χ0n) is 4.93. The first kappa shape index (κ1) is 8.84. The van der Waals surface area contributed by atoms with E-state index < -0.39 is 31.9 Å². The molecule has 6 nitrogen and oxygen atoms in total. The molecule has 66 valence electrons. The van der Waals surface area contributed by atoms with Crippen LogP contribution >= 0.6 is 0 Å². The highest BCUT2D eigenvalue weighted by Crippen LogP contribution is 2.17. The third-order valence-corrected chi connectivity index (χ3v) is 2.94. The predicted molar refractivity (Wildman–Crippen MR) is 29.8 cm³/mol. The average molecular weight is 206 g/mol. The Bertz CT molecular complexity index is 339. The summed E-state index contributed by atoms with van der Waals surface area (Å²) in [7, 11) is -8.68. The number of hydrogen-bond donors (Lipinski definition) is 0. The molecule has 1 aliphatic rings. The lowest BCUT2D eigenvalue weighted by Crippen LogP contribution is -2.34. The van der Waals surface area contributed by atoms with E-state index in [9.17, 15) is 21.2 Å². The molecule has 1 rings (SSSR count). The van der Waals surface area contributed by atoms with Crippen LogP contribution < -0.4 is 0 Å². The first-order chi connectivity index (χ1) is 4.83. The molecular weight excluding hydrogens is 203 g/mol. The van der Waals surface area contributed by atoms with E-state index in [1.165, 1.54) is 0 Å². The van der Waals surface area contributed by atoms with Gasteiger partial charge in [0.1, 0.15) is 0 Å². The lowest BCUT2D eigenvalue weighted by molar-refractivity contribution is 0.111. The summed E-state index contributed by atoms with van der Waals surface area (Å²) in [6, 6.07) is 0. The van der Waals surface area contributed by atoms with Gasteiger partial charge in [0.15, 0.2) is 5.94 Å². The van der Waals surface area contributed by atoms with Gasteiger partial charge in [0.2, 0.25) is 0 Å². The Morgan fingerprint density at radius 1 is 1.27 bits per heavy atom. The van der Waals surface area contributed by atoms with Crippen molar-refractivity contribution < 1.29 is 29.6 Å². The molecule has 1 saturated heterocycles. The van der Waals surface area contributed by atoms with Crippen molar-refractivity contribution >= 4 is 20.2 Å². The maximum Gasteiger partial charge on any atom is 0.340 e. The minimum absolute atomic E-state index is 1.17. The Kier molecular flexibility index (Phi) is 1.90. The zero-order valence-corrected chi connectivity index (χ0v) is 6.56. The van der Waals surface area contributed by atoms with Crippen molar-refractivity contribution in [3.8, 4) is 0 Å². The van der Waals surface area contributed by atoms with Crippen molar-refractivity contribution in [2.24, 2.45) is 0 Å². The molecule has 0 aromatic rings. The summed E-state index contributed by atoms with van der Waals surface area (Å²) >= 11 is 0. The van der Waals surface area contributed by atoms with Gasteiger partial charge in [-0.1, -0.05) is 0 Å². The van der Waals surface area contributed by atoms with Crippen molar-refractivity contribution in [3.63, 3.8) is 0 Å². The molecule has 1 aliphatic heterocycles. The van der Waals surface area contributed by atoms with Gasteiger partial charge in [0.25, 0.3) is 10.1 Å². The standard InChI is InChI=1S/C2H3FO6S2/c3-2-9-10(4,5)1-8-11(2,6)7/h2H,1H2. The molecule has 1 unspecified atom stereocenters. The molecule has 0 spiro atoms. The first-order valence-electron chi connectivity index (χ1n) is 2.27. The number of halogens is 1. The fourth-order valence-electron chi connectivity index (χ4n) is 0.371. The van der Waals surface area contributed by atoms with Crippen LogP contribution in [0.5, 0.6) is 0 Å². The molecule has 1 heterocycles. The minimum Gasteiger partial charge on any atom is -0.247 e. The molecule has 0 saturated carbocycles. The molecule has 9 heteroatoms. The van der Waals surface area contributed by atoms with E-state index in [0.29, 0.717) is 0 Å². The van der Waals surface area contributed by atoms with Gasteiger partial charge >= 0.3 is 15.8 Å². The SMILES string of the molecule is O=S1(=O)COS(=O)(=O)C(F)O1. The molecule has 0 N–H and O–H groups in total. The zero-order chi connectivity index (χ0) is 8.70. The van der Waals surface area contributed by atoms with E-state index in [0.717, 1.165) is 0 Å². The first-order valence-corrected chi connectivity index (χ1v) is 5.32. The van der Waals surface area contributed by atoms with Gasteiger partial charge in [-0.2, -0.15) is 21.2 Å². The molecule has 11 heavy (non-hydrogen) atoms. The van der Waals surface area contributed by atoms with Crippen LogP contribution in [0.2, 0.25) is 0 Å². The summed E-state index contributed by atoms with van der Waals surface area (Å²) in [6.07, 6.45) is 0. The summed E-state index contributed by atoms with van der Waals surface area (Å²) < 4.78 is 60.5. The van der Waals surface area contributed by atoms with E-state index >= 15 is 0 Å². The van der Waals surface area contributed by atoms with Gasteiger partial charge in [0, 0.05) is 0 Å². The Labute approximate surface area is 62.2 Å². The average Bonchev–Trinajstić information content (AvgIpc) is 1.81. The van der Waals surface area contributed by atoms with E-state index in [4.69, 9.17) is 0 Å². The van der Waals surface area contributed by atoms with Gasteiger partial charge in [-0.05, 0) is 0 Å². The van der Waals surface area contributed by atoms with Crippen LogP contribution in [-0.4, -0.2) is 28.5 Å². The van der Waals surface area contributed by atoms with Crippen molar-refractivity contribution in [1.82, 2.24) is 0 Å². The highest BCUT2D eigenvalue weighted by Gasteiger charge is 2.39. The second-order valence-corrected chi connectivity index (χ2v) is 4.79. The molecule has 0 aliphatic carbocycles. The largest absolute Gasteiger partial charge is 0.340 e. The summed E-state index contributed by atoms with van der Waals surface area (Å²) in [6.45, 7) is 0. The molecule has 1 atom stereocenters. The Morgan fingerprint density at radius 2 is 1.82 bits per heavy atom. The monoisotopic (exact) mass is 206 g/mol. The number of hydrogen-bond acceptors (Lipinski definition) is 6. The highest BCUT2D eigenvalue weighted by molar-refractivity contribution is 7.92. The van der Waals surface area contributed by atoms with Gasteiger partial charge in [0.05, 0.1) is 0 Å². The second kappa shape index (κ2) is 2.37. The topological polar surface area (TPSA) is 86.7 Å². The van der Waals surface area contributed by atoms with Crippen LogP contribution in [0.15, 0.2) is 0 Å². The minimum atomic E-state index is -4.50. The second-order valence-electron chi connectivity index (χ2n) is 1.66. The maximum absolute atomic E-state index is 12.1. The van der Waals surface area contributed by atoms with Crippen LogP contribution in [0.3, 0.4) is 0 Å². The molecule has 0 amide bonds. The lowest BCUT2D eigenvalue weighted by Gasteiger charge is -2.15. The normalized spacial score (nSPS) is 34.8. The summed E-state index contributed by atoms with van der Waals surface area (Å²) in [5, 5.41) is 0. The third kappa shape index (κ3) is 1.86. The van der Waals surface area contributed by atoms with Crippen molar-refractivity contribution in [2.75, 3.05) is 5.94 Å². The highest BCUT2D eigenvalue weighted by atomic mass is 32.2. The van der Waals surface area contributed by atoms with Crippen LogP contribution in [0, 0.1) is 0 Å². The Hall–Kier alpha value is -0.250. The maximum atomic E-state index is 12.1. The van der Waals surface area contributed by atoms with Crippen molar-refractivity contribution in [3.05, 3.63) is 0 Å². The van der Waals surface area contributed by atoms with Crippen LogP contribution in [-0.2, 0) is 28.6 Å². The van der Waals surface area contributed by atoms with Crippen LogP contribution in [0.4, 0.5) is 4.39 Å². The summed E-state index contributed by atoms with van der Waals surface area (Å²) in [5.74, 6) is -1.17. The van der Waals surface area contributed by atoms with Gasteiger partial charge in [-0.25, -0.2) is 8.37 Å². The third-order valence-electron chi connectivity index (χ3n) is 0.806. The lowest BCUT2D eigenvalue weighted by atomic mass is 11.6. The number of rotatable bonds is 0. The van der Waals surface area contributed by atoms with Crippen LogP contribution in [0.25, 0.3) is 0 Å². The van der Waals surface area contributed by atoms with Crippen molar-refractivity contribution in [1.29, 1.82) is 0 Å². The fourth-order valence-corrected chi connectivity index (χ4v) is 2.52. The van der Waals surface area contributed by atoms with E-state index in [-0.39, 0.29) is 0 Å². The molecule has 0 radical (unpaired) electrons. The van der Waals surface area contributed by atoms with E-state index in [2.05, 4.69) is 8.37 Å². The molecular formula is C2H3FO6S2. The summed E-state index contributed by atoms with van der Waals surface area (Å²) in [5.41, 5.74) is -2.94. The Balaban J connectivity index is 2.96. The molecule has 0 aromatic carbocycles. The smallest absolute Gasteiger partial charge is 0.247 e. The van der Waals surface area contributed by atoms with Crippen molar-refractivity contribution in [2.45, 2.75) is 5.69 Å². The van der Waals surface area contributed by atoms with E-state index in [1.807, 2.05) is 0 Å². The van der Waals surface area contributed by atoms with Gasteiger partial charge < -0.3 is 0 Å². The molecule has 0 bridgehead atoms. The fraction of sp³-hybridized carbons (Fsp3) is 1.00. The predicted octanol–water partition coefficient (Wildman–Crippen LogP) is -1.10. The van der Waals surface area contributed by atoms with Gasteiger partial charge in [-0.15, -0.1) is 0 Å². The summed E-state index contributed by atoms with van der Waals surface area (Å²) in [4.78, 5) is 0. The molecule has 0 aromatic heterocycles. The van der Waals surface area contributed by atoms with Crippen LogP contribution in [0.1, 0.15) is 0 Å².